The molecule has 40 heavy (non-hydrogen) atoms. The zero-order chi connectivity index (χ0) is 27.8. The SMILES string of the molecule is O=C(c1ccccc1Cl)[C@@H]1[C@H](c2ccc(F)cc2)C2(C(=O)c3ccccc3C2=O)[C@@H]2C=Cc3cc(F)ccc3N12. The molecule has 1 spiro atoms. The normalized spacial score (nSPS) is 21.9. The van der Waals surface area contributed by atoms with Gasteiger partial charge in [0.25, 0.3) is 0 Å². The number of anilines is 1. The average molecular weight is 552 g/mol. The molecule has 3 aliphatic rings. The molecule has 0 amide bonds. The monoisotopic (exact) mass is 551 g/mol. The van der Waals surface area contributed by atoms with Crippen LogP contribution in [0, 0.1) is 17.0 Å². The van der Waals surface area contributed by atoms with E-state index < -0.39 is 52.4 Å². The number of hydrogen-bond donors (Lipinski definition) is 0. The van der Waals surface area contributed by atoms with Gasteiger partial charge in [-0.25, -0.2) is 8.78 Å². The van der Waals surface area contributed by atoms with Crippen LogP contribution in [0.3, 0.4) is 0 Å². The van der Waals surface area contributed by atoms with Gasteiger partial charge in [0.15, 0.2) is 17.3 Å². The van der Waals surface area contributed by atoms with Gasteiger partial charge in [-0.2, -0.15) is 0 Å². The third-order valence-electron chi connectivity index (χ3n) is 8.40. The number of benzene rings is 4. The Morgan fingerprint density at radius 1 is 0.800 bits per heavy atom. The molecule has 2 heterocycles. The quantitative estimate of drug-likeness (QED) is 0.204. The summed E-state index contributed by atoms with van der Waals surface area (Å²) in [6.07, 6.45) is 3.40. The van der Waals surface area contributed by atoms with E-state index in [2.05, 4.69) is 0 Å². The standard InChI is InChI=1S/C33H20ClF2NO3/c34-25-8-4-3-7-24(25)30(38)29-28(18-9-12-20(35)13-10-18)33(31(39)22-5-1-2-6-23(22)32(33)40)27-16-11-19-17-21(36)14-15-26(19)37(27)29/h1-17,27-29H/t27-,28-,29-/m0/s1. The fraction of sp³-hybridized carbons (Fsp3) is 0.121. The van der Waals surface area contributed by atoms with Crippen LogP contribution < -0.4 is 4.90 Å². The molecule has 0 aromatic heterocycles. The molecule has 0 radical (unpaired) electrons. The molecule has 4 aromatic carbocycles. The highest BCUT2D eigenvalue weighted by atomic mass is 35.5. The van der Waals surface area contributed by atoms with Crippen LogP contribution >= 0.6 is 11.6 Å². The minimum absolute atomic E-state index is 0.224. The molecule has 0 N–H and O–H groups in total. The van der Waals surface area contributed by atoms with Crippen molar-refractivity contribution in [3.63, 3.8) is 0 Å². The van der Waals surface area contributed by atoms with Crippen molar-refractivity contribution in [2.24, 2.45) is 5.41 Å². The molecule has 4 nitrogen and oxygen atoms in total. The van der Waals surface area contributed by atoms with Crippen LogP contribution in [0.25, 0.3) is 6.08 Å². The molecule has 0 bridgehead atoms. The average Bonchev–Trinajstić information content (AvgIpc) is 3.39. The van der Waals surface area contributed by atoms with E-state index in [1.807, 2.05) is 0 Å². The van der Waals surface area contributed by atoms with E-state index in [9.17, 15) is 23.2 Å². The maximum atomic E-state index is 14.6. The van der Waals surface area contributed by atoms with Crippen LogP contribution in [-0.4, -0.2) is 29.4 Å². The highest BCUT2D eigenvalue weighted by molar-refractivity contribution is 6.35. The molecule has 2 aliphatic heterocycles. The number of carbonyl (C=O) groups excluding carboxylic acids is 3. The molecule has 1 fully saturated rings. The summed E-state index contributed by atoms with van der Waals surface area (Å²) in [6.45, 7) is 0. The first-order chi connectivity index (χ1) is 19.3. The first-order valence-corrected chi connectivity index (χ1v) is 13.2. The van der Waals surface area contributed by atoms with Crippen LogP contribution in [0.4, 0.5) is 14.5 Å². The molecule has 1 aliphatic carbocycles. The van der Waals surface area contributed by atoms with Crippen LogP contribution in [0.15, 0.2) is 97.1 Å². The van der Waals surface area contributed by atoms with Crippen molar-refractivity contribution >= 4 is 40.7 Å². The molecule has 7 rings (SSSR count). The van der Waals surface area contributed by atoms with Gasteiger partial charge >= 0.3 is 0 Å². The van der Waals surface area contributed by atoms with Crippen molar-refractivity contribution in [2.75, 3.05) is 4.90 Å². The number of carbonyl (C=O) groups is 3. The third-order valence-corrected chi connectivity index (χ3v) is 8.73. The van der Waals surface area contributed by atoms with E-state index in [1.54, 1.807) is 71.6 Å². The van der Waals surface area contributed by atoms with E-state index in [0.29, 0.717) is 16.8 Å². The Balaban J connectivity index is 1.56. The summed E-state index contributed by atoms with van der Waals surface area (Å²) in [6, 6.07) is 21.0. The van der Waals surface area contributed by atoms with Gasteiger partial charge in [-0.1, -0.05) is 72.3 Å². The van der Waals surface area contributed by atoms with Gasteiger partial charge in [0.2, 0.25) is 0 Å². The van der Waals surface area contributed by atoms with Crippen molar-refractivity contribution in [1.82, 2.24) is 0 Å². The Morgan fingerprint density at radius 3 is 2.10 bits per heavy atom. The second-order valence-electron chi connectivity index (χ2n) is 10.3. The molecule has 1 saturated heterocycles. The Labute approximate surface area is 233 Å². The molecule has 3 atom stereocenters. The van der Waals surface area contributed by atoms with E-state index in [-0.39, 0.29) is 21.7 Å². The number of hydrogen-bond acceptors (Lipinski definition) is 4. The second-order valence-corrected chi connectivity index (χ2v) is 10.7. The second kappa shape index (κ2) is 8.80. The van der Waals surface area contributed by atoms with Crippen LogP contribution in [0.1, 0.15) is 48.1 Å². The lowest BCUT2D eigenvalue weighted by atomic mass is 9.64. The largest absolute Gasteiger partial charge is 0.352 e. The summed E-state index contributed by atoms with van der Waals surface area (Å²) < 4.78 is 28.4. The Kier molecular flexibility index (Phi) is 5.41. The Hall–Kier alpha value is -4.42. The van der Waals surface area contributed by atoms with Gasteiger partial charge < -0.3 is 4.90 Å². The smallest absolute Gasteiger partial charge is 0.187 e. The van der Waals surface area contributed by atoms with Gasteiger partial charge in [-0.05, 0) is 48.0 Å². The number of ketones is 3. The maximum Gasteiger partial charge on any atom is 0.187 e. The maximum absolute atomic E-state index is 14.6. The summed E-state index contributed by atoms with van der Waals surface area (Å²) in [5, 5.41) is 0.224. The topological polar surface area (TPSA) is 54.5 Å². The number of nitrogens with zero attached hydrogens (tertiary/aromatic N) is 1. The van der Waals surface area contributed by atoms with Crippen LogP contribution in [-0.2, 0) is 0 Å². The predicted molar refractivity (Wildman–Crippen MR) is 148 cm³/mol. The van der Waals surface area contributed by atoms with E-state index in [4.69, 9.17) is 11.6 Å². The zero-order valence-corrected chi connectivity index (χ0v) is 21.6. The number of halogens is 3. The van der Waals surface area contributed by atoms with Gasteiger partial charge in [-0.15, -0.1) is 0 Å². The zero-order valence-electron chi connectivity index (χ0n) is 20.9. The predicted octanol–water partition coefficient (Wildman–Crippen LogP) is 6.93. The Morgan fingerprint density at radius 2 is 1.43 bits per heavy atom. The number of fused-ring (bicyclic) bond motifs is 5. The minimum atomic E-state index is -1.73. The van der Waals surface area contributed by atoms with Gasteiger partial charge in [0.05, 0.1) is 11.1 Å². The number of rotatable bonds is 3. The highest BCUT2D eigenvalue weighted by Gasteiger charge is 2.71. The van der Waals surface area contributed by atoms with E-state index >= 15 is 0 Å². The van der Waals surface area contributed by atoms with E-state index in [1.165, 1.54) is 36.4 Å². The summed E-state index contributed by atoms with van der Waals surface area (Å²) in [4.78, 5) is 45.4. The van der Waals surface area contributed by atoms with Gasteiger partial charge in [0, 0.05) is 33.9 Å². The summed E-state index contributed by atoms with van der Waals surface area (Å²) >= 11 is 6.50. The molecule has 196 valence electrons. The van der Waals surface area contributed by atoms with Crippen molar-refractivity contribution < 1.29 is 23.2 Å². The van der Waals surface area contributed by atoms with Crippen LogP contribution in [0.2, 0.25) is 5.02 Å². The molecule has 0 saturated carbocycles. The molecule has 7 heteroatoms. The molecule has 4 aromatic rings. The van der Waals surface area contributed by atoms with Gasteiger partial charge in [0.1, 0.15) is 23.1 Å². The molecule has 0 unspecified atom stereocenters. The van der Waals surface area contributed by atoms with Crippen molar-refractivity contribution in [1.29, 1.82) is 0 Å². The first kappa shape index (κ1) is 24.6. The highest BCUT2D eigenvalue weighted by Crippen LogP contribution is 2.61. The fourth-order valence-electron chi connectivity index (χ4n) is 6.81. The third kappa shape index (κ3) is 3.20. The summed E-state index contributed by atoms with van der Waals surface area (Å²) in [5.41, 5.74) is 0.551. The van der Waals surface area contributed by atoms with Crippen LogP contribution in [0.5, 0.6) is 0 Å². The lowest BCUT2D eigenvalue weighted by Crippen LogP contribution is -2.48. The van der Waals surface area contributed by atoms with E-state index in [0.717, 1.165) is 0 Å². The Bertz CT molecular complexity index is 1750. The summed E-state index contributed by atoms with van der Waals surface area (Å²) in [5.74, 6) is -3.15. The molecular formula is C33H20ClF2NO3. The first-order valence-electron chi connectivity index (χ1n) is 12.8. The fourth-order valence-corrected chi connectivity index (χ4v) is 7.04. The molecular weight excluding hydrogens is 532 g/mol. The minimum Gasteiger partial charge on any atom is -0.352 e. The lowest BCUT2D eigenvalue weighted by molar-refractivity contribution is 0.0666. The number of Topliss-reactive ketones (excluding diaryl/α,β-unsaturated/α-hetero) is 3. The van der Waals surface area contributed by atoms with Crippen molar-refractivity contribution in [2.45, 2.75) is 18.0 Å². The van der Waals surface area contributed by atoms with Crippen molar-refractivity contribution in [3.05, 3.63) is 142 Å². The van der Waals surface area contributed by atoms with Crippen molar-refractivity contribution in [3.8, 4) is 0 Å². The lowest BCUT2D eigenvalue weighted by Gasteiger charge is -2.37. The summed E-state index contributed by atoms with van der Waals surface area (Å²) in [7, 11) is 0. The van der Waals surface area contributed by atoms with Gasteiger partial charge in [-0.3, -0.25) is 14.4 Å².